The van der Waals surface area contributed by atoms with Gasteiger partial charge in [-0.05, 0) is 69.0 Å². The molecule has 0 fully saturated rings. The zero-order chi connectivity index (χ0) is 19.5. The molecule has 0 saturated carbocycles. The molecule has 1 aromatic heterocycles. The first-order valence-corrected chi connectivity index (χ1v) is 9.71. The lowest BCUT2D eigenvalue weighted by molar-refractivity contribution is 0.0566. The van der Waals surface area contributed by atoms with Gasteiger partial charge in [0.05, 0.1) is 17.5 Å². The van der Waals surface area contributed by atoms with Gasteiger partial charge in [-0.15, -0.1) is 5.10 Å². The lowest BCUT2D eigenvalue weighted by atomic mass is 10.1. The molecule has 2 aromatic rings. The molecule has 1 aromatic carbocycles. The van der Waals surface area contributed by atoms with Crippen LogP contribution in [0, 0.1) is 5.82 Å². The van der Waals surface area contributed by atoms with Crippen molar-refractivity contribution in [2.45, 2.75) is 58.5 Å². The van der Waals surface area contributed by atoms with Crippen LogP contribution in [-0.2, 0) is 4.74 Å². The van der Waals surface area contributed by atoms with Crippen LogP contribution in [0.5, 0.6) is 5.75 Å². The molecule has 1 N–H and O–H groups in total. The highest BCUT2D eigenvalue weighted by Crippen LogP contribution is 2.23. The molecule has 27 heavy (non-hydrogen) atoms. The summed E-state index contributed by atoms with van der Waals surface area (Å²) in [6.45, 7) is 5.19. The number of hydrogen-bond acceptors (Lipinski definition) is 4. The Labute approximate surface area is 161 Å². The fourth-order valence-corrected chi connectivity index (χ4v) is 2.70. The number of unbranched alkanes of at least 4 members (excludes halogenated alkanes) is 3. The molecule has 4 nitrogen and oxygen atoms in total. The summed E-state index contributed by atoms with van der Waals surface area (Å²) in [5.41, 5.74) is 1.92. The van der Waals surface area contributed by atoms with Crippen molar-refractivity contribution in [2.75, 3.05) is 6.61 Å². The highest BCUT2D eigenvalue weighted by molar-refractivity contribution is 5.60. The van der Waals surface area contributed by atoms with Gasteiger partial charge in [-0.2, -0.15) is 5.10 Å². The van der Waals surface area contributed by atoms with Crippen LogP contribution in [0.2, 0.25) is 0 Å². The number of aromatic nitrogens is 2. The van der Waals surface area contributed by atoms with Gasteiger partial charge in [0.15, 0.2) is 11.6 Å². The van der Waals surface area contributed by atoms with E-state index in [9.17, 15) is 9.50 Å². The molecule has 2 rings (SSSR count). The minimum atomic E-state index is -0.665. The number of benzene rings is 1. The van der Waals surface area contributed by atoms with Crippen molar-refractivity contribution in [2.24, 2.45) is 0 Å². The van der Waals surface area contributed by atoms with Crippen LogP contribution in [0.4, 0.5) is 4.39 Å². The van der Waals surface area contributed by atoms with Gasteiger partial charge in [-0.1, -0.05) is 25.8 Å². The summed E-state index contributed by atoms with van der Waals surface area (Å²) in [6, 6.07) is 7.83. The molecule has 0 saturated heterocycles. The first-order chi connectivity index (χ1) is 13.1. The van der Waals surface area contributed by atoms with Gasteiger partial charge in [-0.25, -0.2) is 4.39 Å². The number of phenolic OH excluding ortho intramolecular Hbond substituents is 1. The summed E-state index contributed by atoms with van der Waals surface area (Å²) in [6.07, 6.45) is 11.0. The van der Waals surface area contributed by atoms with Gasteiger partial charge in [0.25, 0.3) is 0 Å². The Bertz CT molecular complexity index is 717. The molecule has 1 heterocycles. The second kappa shape index (κ2) is 11.4. The highest BCUT2D eigenvalue weighted by Gasteiger charge is 2.05. The van der Waals surface area contributed by atoms with Crippen LogP contribution in [-0.4, -0.2) is 28.0 Å². The van der Waals surface area contributed by atoms with Crippen molar-refractivity contribution < 1.29 is 14.2 Å². The molecule has 1 unspecified atom stereocenters. The first-order valence-electron chi connectivity index (χ1n) is 9.71. The molecule has 5 heteroatoms. The maximum absolute atomic E-state index is 13.4. The van der Waals surface area contributed by atoms with E-state index in [1.165, 1.54) is 25.0 Å². The van der Waals surface area contributed by atoms with E-state index < -0.39 is 5.82 Å². The lowest BCUT2D eigenvalue weighted by Gasteiger charge is -2.11. The molecule has 0 aliphatic rings. The Kier molecular flexibility index (Phi) is 8.92. The van der Waals surface area contributed by atoms with Crippen molar-refractivity contribution in [1.29, 1.82) is 0 Å². The zero-order valence-electron chi connectivity index (χ0n) is 16.2. The maximum atomic E-state index is 13.4. The second-order valence-corrected chi connectivity index (χ2v) is 6.73. The minimum absolute atomic E-state index is 0.306. The topological polar surface area (TPSA) is 55.2 Å². The minimum Gasteiger partial charge on any atom is -0.505 e. The van der Waals surface area contributed by atoms with Crippen LogP contribution in [0.3, 0.4) is 0 Å². The number of ether oxygens (including phenoxy) is 1. The fraction of sp³-hybridized carbons (Fsp3) is 0.455. The molecule has 0 bridgehead atoms. The summed E-state index contributed by atoms with van der Waals surface area (Å²) in [7, 11) is 0. The van der Waals surface area contributed by atoms with Gasteiger partial charge in [0.1, 0.15) is 0 Å². The van der Waals surface area contributed by atoms with E-state index in [0.29, 0.717) is 17.4 Å². The Morgan fingerprint density at radius 3 is 2.70 bits per heavy atom. The standard InChI is InChI=1S/C22H29FN2O2/c1-3-4-8-15-27-17(2)9-6-5-7-10-19-12-13-21(25-24-19)18-11-14-22(26)20(23)16-18/h7,10-14,16-17,26H,3-6,8-9,15H2,1-2H3/b10-7+. The third kappa shape index (κ3) is 7.47. The van der Waals surface area contributed by atoms with E-state index in [0.717, 1.165) is 38.0 Å². The predicted octanol–water partition coefficient (Wildman–Crippen LogP) is 5.77. The van der Waals surface area contributed by atoms with E-state index in [1.54, 1.807) is 12.1 Å². The van der Waals surface area contributed by atoms with Gasteiger partial charge in [-0.3, -0.25) is 0 Å². The average molecular weight is 372 g/mol. The van der Waals surface area contributed by atoms with Crippen molar-refractivity contribution in [3.05, 3.63) is 47.9 Å². The molecule has 0 aliphatic heterocycles. The summed E-state index contributed by atoms with van der Waals surface area (Å²) >= 11 is 0. The van der Waals surface area contributed by atoms with Crippen LogP contribution >= 0.6 is 0 Å². The van der Waals surface area contributed by atoms with Gasteiger partial charge in [0.2, 0.25) is 0 Å². The molecule has 0 aliphatic carbocycles. The number of aromatic hydroxyl groups is 1. The summed E-state index contributed by atoms with van der Waals surface area (Å²) < 4.78 is 19.2. The summed E-state index contributed by atoms with van der Waals surface area (Å²) in [5, 5.41) is 17.5. The van der Waals surface area contributed by atoms with E-state index in [4.69, 9.17) is 4.74 Å². The Morgan fingerprint density at radius 1 is 1.15 bits per heavy atom. The summed E-state index contributed by atoms with van der Waals surface area (Å²) in [4.78, 5) is 0. The molecule has 0 spiro atoms. The molecule has 0 amide bonds. The van der Waals surface area contributed by atoms with Crippen LogP contribution in [0.1, 0.15) is 58.1 Å². The van der Waals surface area contributed by atoms with Crippen molar-refractivity contribution in [3.8, 4) is 17.0 Å². The maximum Gasteiger partial charge on any atom is 0.165 e. The average Bonchev–Trinajstić information content (AvgIpc) is 2.68. The quantitative estimate of drug-likeness (QED) is 0.509. The van der Waals surface area contributed by atoms with Crippen LogP contribution in [0.15, 0.2) is 36.4 Å². The Balaban J connectivity index is 1.73. The van der Waals surface area contributed by atoms with Crippen LogP contribution in [0.25, 0.3) is 17.3 Å². The zero-order valence-corrected chi connectivity index (χ0v) is 16.2. The van der Waals surface area contributed by atoms with Crippen molar-refractivity contribution in [1.82, 2.24) is 10.2 Å². The monoisotopic (exact) mass is 372 g/mol. The molecular weight excluding hydrogens is 343 g/mol. The third-order valence-corrected chi connectivity index (χ3v) is 4.35. The number of rotatable bonds is 11. The smallest absolute Gasteiger partial charge is 0.165 e. The Hall–Kier alpha value is -2.27. The number of allylic oxidation sites excluding steroid dienone is 1. The van der Waals surface area contributed by atoms with E-state index in [-0.39, 0.29) is 5.75 Å². The SMILES string of the molecule is CCCCCOC(C)CCC/C=C/c1ccc(-c2ccc(O)c(F)c2)nn1. The van der Waals surface area contributed by atoms with E-state index in [1.807, 2.05) is 12.1 Å². The fourth-order valence-electron chi connectivity index (χ4n) is 2.70. The van der Waals surface area contributed by atoms with E-state index >= 15 is 0 Å². The number of nitrogens with zero attached hydrogens (tertiary/aromatic N) is 2. The molecule has 0 radical (unpaired) electrons. The lowest BCUT2D eigenvalue weighted by Crippen LogP contribution is -2.08. The predicted molar refractivity (Wildman–Crippen MR) is 107 cm³/mol. The number of phenols is 1. The molecule has 146 valence electrons. The van der Waals surface area contributed by atoms with Gasteiger partial charge in [0, 0.05) is 12.2 Å². The third-order valence-electron chi connectivity index (χ3n) is 4.35. The Morgan fingerprint density at radius 2 is 2.00 bits per heavy atom. The van der Waals surface area contributed by atoms with E-state index in [2.05, 4.69) is 30.1 Å². The normalized spacial score (nSPS) is 12.6. The van der Waals surface area contributed by atoms with Crippen molar-refractivity contribution >= 4 is 6.08 Å². The number of hydrogen-bond donors (Lipinski definition) is 1. The van der Waals surface area contributed by atoms with Crippen molar-refractivity contribution in [3.63, 3.8) is 0 Å². The summed E-state index contributed by atoms with van der Waals surface area (Å²) in [5.74, 6) is -1.03. The van der Waals surface area contributed by atoms with Gasteiger partial charge < -0.3 is 9.84 Å². The highest BCUT2D eigenvalue weighted by atomic mass is 19.1. The molecule has 1 atom stereocenters. The largest absolute Gasteiger partial charge is 0.505 e. The number of halogens is 1. The van der Waals surface area contributed by atoms with Gasteiger partial charge >= 0.3 is 0 Å². The first kappa shape index (κ1) is 21.0. The molecular formula is C22H29FN2O2. The second-order valence-electron chi connectivity index (χ2n) is 6.73. The van der Waals surface area contributed by atoms with Crippen LogP contribution < -0.4 is 0 Å².